The molecule has 2 aliphatic rings. The standard InChI is InChI=1S/C27H29Cl4N3O4.ClH/c1-16(35)33-9-10-34(26(36)12-17-4-6-21(28)23(30)11-17)25(15-33)20(13-18-3-2-8-32-18)27(37)38-19-5-7-22(29)24(31)14-19;/h4-7,11,14,18,20,25,32H,2-3,8-10,12-13,15H2,1H3;1H. The van der Waals surface area contributed by atoms with Crippen LogP contribution in [0.2, 0.25) is 20.1 Å². The molecule has 0 saturated carbocycles. The molecule has 2 saturated heterocycles. The Balaban J connectivity index is 0.00000420. The van der Waals surface area contributed by atoms with Gasteiger partial charge < -0.3 is 19.9 Å². The van der Waals surface area contributed by atoms with E-state index in [1.807, 2.05) is 0 Å². The lowest BCUT2D eigenvalue weighted by Gasteiger charge is -2.44. The third-order valence-corrected chi connectivity index (χ3v) is 8.58. The van der Waals surface area contributed by atoms with Gasteiger partial charge in [-0.2, -0.15) is 0 Å². The average molecular weight is 638 g/mol. The van der Waals surface area contributed by atoms with Crippen LogP contribution in [0.4, 0.5) is 0 Å². The predicted molar refractivity (Wildman–Crippen MR) is 156 cm³/mol. The minimum Gasteiger partial charge on any atom is -0.426 e. The van der Waals surface area contributed by atoms with Gasteiger partial charge in [-0.05, 0) is 55.6 Å². The zero-order valence-electron chi connectivity index (χ0n) is 21.3. The fourth-order valence-electron chi connectivity index (χ4n) is 5.08. The van der Waals surface area contributed by atoms with Gasteiger partial charge in [-0.3, -0.25) is 14.4 Å². The summed E-state index contributed by atoms with van der Waals surface area (Å²) in [5.74, 6) is -1.17. The molecule has 3 unspecified atom stereocenters. The molecule has 2 aromatic carbocycles. The monoisotopic (exact) mass is 635 g/mol. The number of amides is 2. The van der Waals surface area contributed by atoms with Crippen molar-refractivity contribution in [2.75, 3.05) is 26.2 Å². The molecule has 2 aromatic rings. The number of halogens is 5. The molecule has 39 heavy (non-hydrogen) atoms. The SMILES string of the molecule is CC(=O)N1CCN(C(=O)Cc2ccc(Cl)c(Cl)c2)C(C(CC2CCCN2)C(=O)Oc2ccc(Cl)c(Cl)c2)C1.Cl. The number of hydrogen-bond donors (Lipinski definition) is 1. The zero-order valence-corrected chi connectivity index (χ0v) is 25.1. The molecule has 7 nitrogen and oxygen atoms in total. The Morgan fingerprint density at radius 1 is 1.00 bits per heavy atom. The molecule has 1 N–H and O–H groups in total. The van der Waals surface area contributed by atoms with Crippen LogP contribution in [-0.2, 0) is 20.8 Å². The summed E-state index contributed by atoms with van der Waals surface area (Å²) in [6.07, 6.45) is 2.47. The van der Waals surface area contributed by atoms with Gasteiger partial charge in [-0.25, -0.2) is 0 Å². The summed E-state index contributed by atoms with van der Waals surface area (Å²) in [7, 11) is 0. The van der Waals surface area contributed by atoms with Gasteiger partial charge in [0.05, 0.1) is 38.5 Å². The molecule has 4 rings (SSSR count). The molecular weight excluding hydrogens is 608 g/mol. The predicted octanol–water partition coefficient (Wildman–Crippen LogP) is 5.69. The topological polar surface area (TPSA) is 79.0 Å². The maximum Gasteiger partial charge on any atom is 0.316 e. The molecule has 12 heteroatoms. The van der Waals surface area contributed by atoms with Crippen LogP contribution in [-0.4, -0.2) is 65.8 Å². The second kappa shape index (κ2) is 14.2. The van der Waals surface area contributed by atoms with Crippen LogP contribution >= 0.6 is 58.8 Å². The number of carbonyl (C=O) groups excluding carboxylic acids is 3. The Kier molecular flexibility index (Phi) is 11.6. The number of nitrogens with one attached hydrogen (secondary N) is 1. The lowest BCUT2D eigenvalue weighted by molar-refractivity contribution is -0.151. The summed E-state index contributed by atoms with van der Waals surface area (Å²) in [6, 6.07) is 9.23. The first-order chi connectivity index (χ1) is 18.1. The highest BCUT2D eigenvalue weighted by molar-refractivity contribution is 6.42. The molecule has 0 bridgehead atoms. The molecule has 2 fully saturated rings. The average Bonchev–Trinajstić information content (AvgIpc) is 3.40. The van der Waals surface area contributed by atoms with E-state index in [4.69, 9.17) is 51.1 Å². The lowest BCUT2D eigenvalue weighted by Crippen LogP contribution is -2.61. The second-order valence-corrected chi connectivity index (χ2v) is 11.3. The van der Waals surface area contributed by atoms with E-state index in [9.17, 15) is 14.4 Å². The fourth-order valence-corrected chi connectivity index (χ4v) is 5.69. The Morgan fingerprint density at radius 2 is 1.69 bits per heavy atom. The molecule has 3 atom stereocenters. The zero-order chi connectivity index (χ0) is 27.4. The van der Waals surface area contributed by atoms with Gasteiger partial charge in [0.25, 0.3) is 0 Å². The Hall–Kier alpha value is -1.74. The van der Waals surface area contributed by atoms with E-state index in [0.29, 0.717) is 40.1 Å². The van der Waals surface area contributed by atoms with Crippen molar-refractivity contribution in [2.24, 2.45) is 5.92 Å². The van der Waals surface area contributed by atoms with Crippen LogP contribution in [0.3, 0.4) is 0 Å². The van der Waals surface area contributed by atoms with Gasteiger partial charge in [0.1, 0.15) is 5.75 Å². The molecule has 0 spiro atoms. The minimum atomic E-state index is -0.681. The fraction of sp³-hybridized carbons (Fsp3) is 0.444. The third kappa shape index (κ3) is 8.15. The van der Waals surface area contributed by atoms with Gasteiger partial charge in [0.15, 0.2) is 0 Å². The number of nitrogens with zero attached hydrogens (tertiary/aromatic N) is 2. The number of benzene rings is 2. The lowest BCUT2D eigenvalue weighted by atomic mass is 9.88. The first-order valence-corrected chi connectivity index (χ1v) is 14.0. The number of ether oxygens (including phenoxy) is 1. The molecule has 2 amide bonds. The Bertz CT molecular complexity index is 1210. The maximum absolute atomic E-state index is 13.7. The van der Waals surface area contributed by atoms with Crippen molar-refractivity contribution < 1.29 is 19.1 Å². The van der Waals surface area contributed by atoms with Gasteiger partial charge in [-0.15, -0.1) is 12.4 Å². The molecule has 2 heterocycles. The summed E-state index contributed by atoms with van der Waals surface area (Å²) in [5.41, 5.74) is 0.713. The molecular formula is C27H30Cl5N3O4. The number of piperazine rings is 1. The van der Waals surface area contributed by atoms with Crippen LogP contribution in [0.1, 0.15) is 31.7 Å². The van der Waals surface area contributed by atoms with Crippen LogP contribution in [0.15, 0.2) is 36.4 Å². The van der Waals surface area contributed by atoms with E-state index >= 15 is 0 Å². The van der Waals surface area contributed by atoms with E-state index in [2.05, 4.69) is 5.32 Å². The van der Waals surface area contributed by atoms with Crippen LogP contribution in [0.25, 0.3) is 0 Å². The van der Waals surface area contributed by atoms with E-state index in [-0.39, 0.29) is 54.0 Å². The van der Waals surface area contributed by atoms with E-state index in [1.54, 1.807) is 40.1 Å². The van der Waals surface area contributed by atoms with Crippen molar-refractivity contribution in [3.63, 3.8) is 0 Å². The number of carbonyl (C=O) groups is 3. The van der Waals surface area contributed by atoms with Crippen molar-refractivity contribution in [1.82, 2.24) is 15.1 Å². The first-order valence-electron chi connectivity index (χ1n) is 12.5. The van der Waals surface area contributed by atoms with E-state index in [1.165, 1.54) is 13.0 Å². The van der Waals surface area contributed by atoms with E-state index in [0.717, 1.165) is 19.4 Å². The summed E-state index contributed by atoms with van der Waals surface area (Å²) in [4.78, 5) is 43.0. The quantitative estimate of drug-likeness (QED) is 0.312. The first kappa shape index (κ1) is 31.8. The smallest absolute Gasteiger partial charge is 0.316 e. The highest BCUT2D eigenvalue weighted by Crippen LogP contribution is 2.30. The van der Waals surface area contributed by atoms with Crippen molar-refractivity contribution in [3.8, 4) is 5.75 Å². The number of esters is 1. The molecule has 0 aliphatic carbocycles. The Labute approximate surface area is 254 Å². The summed E-state index contributed by atoms with van der Waals surface area (Å²) in [5, 5.41) is 4.82. The highest BCUT2D eigenvalue weighted by atomic mass is 35.5. The second-order valence-electron chi connectivity index (χ2n) is 9.68. The summed E-state index contributed by atoms with van der Waals surface area (Å²) >= 11 is 24.4. The molecule has 0 aromatic heterocycles. The molecule has 2 aliphatic heterocycles. The van der Waals surface area contributed by atoms with Crippen molar-refractivity contribution in [1.29, 1.82) is 0 Å². The van der Waals surface area contributed by atoms with E-state index < -0.39 is 17.9 Å². The number of rotatable bonds is 7. The Morgan fingerprint density at radius 3 is 2.31 bits per heavy atom. The summed E-state index contributed by atoms with van der Waals surface area (Å²) < 4.78 is 5.76. The molecule has 0 radical (unpaired) electrons. The normalized spacial score (nSPS) is 19.8. The van der Waals surface area contributed by atoms with Crippen LogP contribution < -0.4 is 10.1 Å². The van der Waals surface area contributed by atoms with Gasteiger partial charge in [0, 0.05) is 38.7 Å². The third-order valence-electron chi connectivity index (χ3n) is 7.10. The van der Waals surface area contributed by atoms with Crippen LogP contribution in [0.5, 0.6) is 5.75 Å². The van der Waals surface area contributed by atoms with Crippen molar-refractivity contribution in [2.45, 2.75) is 44.7 Å². The maximum atomic E-state index is 13.7. The highest BCUT2D eigenvalue weighted by Gasteiger charge is 2.42. The van der Waals surface area contributed by atoms with Gasteiger partial charge in [0.2, 0.25) is 11.8 Å². The van der Waals surface area contributed by atoms with Crippen molar-refractivity contribution in [3.05, 3.63) is 62.1 Å². The van der Waals surface area contributed by atoms with Crippen LogP contribution in [0, 0.1) is 5.92 Å². The van der Waals surface area contributed by atoms with Gasteiger partial charge in [-0.1, -0.05) is 52.5 Å². The van der Waals surface area contributed by atoms with Gasteiger partial charge >= 0.3 is 5.97 Å². The summed E-state index contributed by atoms with van der Waals surface area (Å²) in [6.45, 7) is 3.28. The number of hydrogen-bond acceptors (Lipinski definition) is 5. The largest absolute Gasteiger partial charge is 0.426 e. The minimum absolute atomic E-state index is 0. The molecule has 212 valence electrons. The van der Waals surface area contributed by atoms with Crippen molar-refractivity contribution >= 4 is 76.6 Å².